The second kappa shape index (κ2) is 9.62. The molecule has 36 heavy (non-hydrogen) atoms. The zero-order chi connectivity index (χ0) is 25.6. The van der Waals surface area contributed by atoms with Gasteiger partial charge in [0, 0.05) is 47.5 Å². The molecule has 5 rings (SSSR count). The van der Waals surface area contributed by atoms with E-state index in [9.17, 15) is 13.4 Å². The largest absolute Gasteiger partial charge is 0.357 e. The average Bonchev–Trinajstić information content (AvgIpc) is 3.43. The van der Waals surface area contributed by atoms with Crippen LogP contribution in [0.2, 0.25) is 5.02 Å². The van der Waals surface area contributed by atoms with Crippen LogP contribution in [0.3, 0.4) is 0 Å². The summed E-state index contributed by atoms with van der Waals surface area (Å²) in [6.45, 7) is 2.36. The van der Waals surface area contributed by atoms with Gasteiger partial charge in [0.05, 0.1) is 17.6 Å². The zero-order valence-corrected chi connectivity index (χ0v) is 21.1. The first-order valence-electron chi connectivity index (χ1n) is 11.2. The highest BCUT2D eigenvalue weighted by Crippen LogP contribution is 2.32. The zero-order valence-electron chi connectivity index (χ0n) is 19.5. The number of aryl methyl sites for hydroxylation is 2. The van der Waals surface area contributed by atoms with E-state index in [-0.39, 0.29) is 18.6 Å². The molecule has 1 unspecified atom stereocenters. The van der Waals surface area contributed by atoms with Crippen molar-refractivity contribution in [3.8, 4) is 11.1 Å². The number of fused-ring (bicyclic) bond motifs is 2. The van der Waals surface area contributed by atoms with Crippen molar-refractivity contribution in [1.29, 1.82) is 0 Å². The van der Waals surface area contributed by atoms with Gasteiger partial charge in [-0.3, -0.25) is 9.35 Å². The fourth-order valence-electron chi connectivity index (χ4n) is 4.55. The Hall–Kier alpha value is -3.31. The standard InChI is InChI=1S/C25H23ClFN5O3S/c1-14-30-23-15(5-8-29-36(34)35)9-17(20-13-31(2)25(33)24-19(20)6-7-28-24)10-22(23)32(14)12-16-3-4-18(26)11-21(16)27/h3-4,6-7,9-11,13,28-29H,5,8,12H2,1-2H3,(H,34,35). The van der Waals surface area contributed by atoms with E-state index in [1.165, 1.54) is 10.6 Å². The third-order valence-corrected chi connectivity index (χ3v) is 6.98. The molecule has 0 aliphatic rings. The highest BCUT2D eigenvalue weighted by atomic mass is 35.5. The van der Waals surface area contributed by atoms with Gasteiger partial charge < -0.3 is 14.1 Å². The number of rotatable bonds is 7. The molecule has 0 saturated heterocycles. The molecule has 2 aromatic carbocycles. The molecule has 1 atom stereocenters. The molecule has 5 aromatic rings. The number of aromatic amines is 1. The molecule has 11 heteroatoms. The molecule has 0 bridgehead atoms. The van der Waals surface area contributed by atoms with Gasteiger partial charge in [0.25, 0.3) is 5.56 Å². The minimum Gasteiger partial charge on any atom is -0.357 e. The molecule has 3 aromatic heterocycles. The lowest BCUT2D eigenvalue weighted by atomic mass is 9.99. The number of pyridine rings is 1. The van der Waals surface area contributed by atoms with Crippen LogP contribution in [0.1, 0.15) is 17.0 Å². The Balaban J connectivity index is 1.72. The molecule has 0 saturated carbocycles. The Morgan fingerprint density at radius 2 is 2.03 bits per heavy atom. The summed E-state index contributed by atoms with van der Waals surface area (Å²) < 4.78 is 40.9. The molecule has 0 aliphatic heterocycles. The first-order valence-corrected chi connectivity index (χ1v) is 12.7. The summed E-state index contributed by atoms with van der Waals surface area (Å²) in [5.41, 5.74) is 4.91. The third kappa shape index (κ3) is 4.48. The monoisotopic (exact) mass is 527 g/mol. The number of benzene rings is 2. The van der Waals surface area contributed by atoms with E-state index in [2.05, 4.69) is 9.71 Å². The Labute approximate surface area is 213 Å². The van der Waals surface area contributed by atoms with Crippen LogP contribution in [0, 0.1) is 12.7 Å². The Kier molecular flexibility index (Phi) is 6.52. The lowest BCUT2D eigenvalue weighted by molar-refractivity contribution is 0.549. The van der Waals surface area contributed by atoms with Gasteiger partial charge >= 0.3 is 0 Å². The van der Waals surface area contributed by atoms with Gasteiger partial charge in [-0.15, -0.1) is 0 Å². The van der Waals surface area contributed by atoms with Crippen molar-refractivity contribution < 1.29 is 13.2 Å². The van der Waals surface area contributed by atoms with Crippen molar-refractivity contribution in [2.24, 2.45) is 7.05 Å². The highest BCUT2D eigenvalue weighted by Gasteiger charge is 2.18. The van der Waals surface area contributed by atoms with Crippen molar-refractivity contribution in [1.82, 2.24) is 23.8 Å². The van der Waals surface area contributed by atoms with E-state index in [0.717, 1.165) is 33.1 Å². The van der Waals surface area contributed by atoms with Gasteiger partial charge in [-0.1, -0.05) is 17.7 Å². The lowest BCUT2D eigenvalue weighted by Crippen LogP contribution is -2.19. The van der Waals surface area contributed by atoms with Crippen molar-refractivity contribution in [2.75, 3.05) is 6.54 Å². The molecular weight excluding hydrogens is 505 g/mol. The minimum absolute atomic E-state index is 0.131. The van der Waals surface area contributed by atoms with Crippen molar-refractivity contribution in [3.63, 3.8) is 0 Å². The predicted octanol–water partition coefficient (Wildman–Crippen LogP) is 4.30. The maximum atomic E-state index is 14.6. The third-order valence-electron chi connectivity index (χ3n) is 6.29. The van der Waals surface area contributed by atoms with Crippen LogP contribution < -0.4 is 10.3 Å². The van der Waals surface area contributed by atoms with E-state index >= 15 is 0 Å². The number of H-pyrrole nitrogens is 1. The summed E-state index contributed by atoms with van der Waals surface area (Å²) >= 11 is 3.80. The molecule has 0 spiro atoms. The quantitative estimate of drug-likeness (QED) is 0.274. The second-order valence-corrected chi connectivity index (χ2v) is 9.83. The number of imidazole rings is 1. The van der Waals surface area contributed by atoms with E-state index in [1.807, 2.05) is 29.7 Å². The number of hydrogen-bond donors (Lipinski definition) is 3. The van der Waals surface area contributed by atoms with Gasteiger partial charge in [0.2, 0.25) is 11.3 Å². The summed E-state index contributed by atoms with van der Waals surface area (Å²) in [4.78, 5) is 20.4. The Morgan fingerprint density at radius 3 is 2.78 bits per heavy atom. The van der Waals surface area contributed by atoms with Gasteiger partial charge in [-0.2, -0.15) is 0 Å². The fraction of sp³-hybridized carbons (Fsp3) is 0.200. The van der Waals surface area contributed by atoms with Crippen LogP contribution in [0.4, 0.5) is 4.39 Å². The summed E-state index contributed by atoms with van der Waals surface area (Å²) in [5, 5.41) is 1.11. The van der Waals surface area contributed by atoms with Crippen molar-refractivity contribution in [3.05, 3.63) is 86.9 Å². The number of aromatic nitrogens is 4. The smallest absolute Gasteiger partial charge is 0.274 e. The average molecular weight is 528 g/mol. The molecule has 3 N–H and O–H groups in total. The SMILES string of the molecule is Cc1nc2c(CCNS(=O)O)cc(-c3cn(C)c(=O)c4[nH]ccc34)cc2n1Cc1ccc(Cl)cc1F. The number of hydrogen-bond acceptors (Lipinski definition) is 3. The van der Waals surface area contributed by atoms with Crippen LogP contribution in [-0.2, 0) is 31.3 Å². The predicted molar refractivity (Wildman–Crippen MR) is 140 cm³/mol. The van der Waals surface area contributed by atoms with Crippen LogP contribution in [-0.4, -0.2) is 34.4 Å². The van der Waals surface area contributed by atoms with Crippen molar-refractivity contribution in [2.45, 2.75) is 19.9 Å². The first kappa shape index (κ1) is 24.4. The van der Waals surface area contributed by atoms with E-state index in [4.69, 9.17) is 21.1 Å². The van der Waals surface area contributed by atoms with Gasteiger partial charge in [0.1, 0.15) is 17.2 Å². The number of nitrogens with zero attached hydrogens (tertiary/aromatic N) is 3. The Morgan fingerprint density at radius 1 is 1.22 bits per heavy atom. The maximum absolute atomic E-state index is 14.6. The van der Waals surface area contributed by atoms with E-state index < -0.39 is 17.1 Å². The number of halogens is 2. The molecular formula is C25H23ClFN5O3S. The van der Waals surface area contributed by atoms with Gasteiger partial charge in [0.15, 0.2) is 0 Å². The van der Waals surface area contributed by atoms with Crippen LogP contribution >= 0.6 is 11.6 Å². The molecule has 186 valence electrons. The minimum atomic E-state index is -2.13. The molecule has 0 amide bonds. The number of nitrogens with one attached hydrogen (secondary N) is 2. The molecule has 3 heterocycles. The maximum Gasteiger partial charge on any atom is 0.274 e. The van der Waals surface area contributed by atoms with Gasteiger partial charge in [-0.05, 0) is 54.8 Å². The molecule has 0 fully saturated rings. The summed E-state index contributed by atoms with van der Waals surface area (Å²) in [6, 6.07) is 10.4. The topological polar surface area (TPSA) is 105 Å². The fourth-order valence-corrected chi connectivity index (χ4v) is 4.98. The Bertz CT molecular complexity index is 1710. The second-order valence-electron chi connectivity index (χ2n) is 8.60. The van der Waals surface area contributed by atoms with Crippen molar-refractivity contribution >= 4 is 44.8 Å². The molecule has 0 radical (unpaired) electrons. The first-order chi connectivity index (χ1) is 17.2. The van der Waals surface area contributed by atoms with Crippen LogP contribution in [0.25, 0.3) is 33.1 Å². The summed E-state index contributed by atoms with van der Waals surface area (Å²) in [7, 11) is 1.70. The summed E-state index contributed by atoms with van der Waals surface area (Å²) in [6.07, 6.45) is 3.95. The lowest BCUT2D eigenvalue weighted by Gasteiger charge is -2.13. The summed E-state index contributed by atoms with van der Waals surface area (Å²) in [5.74, 6) is 0.297. The van der Waals surface area contributed by atoms with Crippen LogP contribution in [0.15, 0.2) is 53.6 Å². The van der Waals surface area contributed by atoms with E-state index in [1.54, 1.807) is 31.6 Å². The molecule has 0 aliphatic carbocycles. The van der Waals surface area contributed by atoms with E-state index in [0.29, 0.717) is 28.3 Å². The van der Waals surface area contributed by atoms with Gasteiger partial charge in [-0.25, -0.2) is 18.3 Å². The normalized spacial score (nSPS) is 12.6. The van der Waals surface area contributed by atoms with Crippen LogP contribution in [0.5, 0.6) is 0 Å². The molecule has 8 nitrogen and oxygen atoms in total. The highest BCUT2D eigenvalue weighted by molar-refractivity contribution is 7.77.